The summed E-state index contributed by atoms with van der Waals surface area (Å²) >= 11 is 0. The lowest BCUT2D eigenvalue weighted by atomic mass is 10.1. The second kappa shape index (κ2) is 7.09. The standard InChI is InChI=1S/C17H20FNO2/c1-3-21-17-9-8-14(10-13(17)11-20)19-12(2)15-6-4-5-7-16(15)18/h4-10,12,19-20H,3,11H2,1-2H3/t12-/m1/s1. The Bertz CT molecular complexity index is 601. The molecule has 2 aromatic rings. The number of rotatable bonds is 6. The van der Waals surface area contributed by atoms with E-state index in [1.54, 1.807) is 12.1 Å². The van der Waals surface area contributed by atoms with Crippen LogP contribution in [-0.4, -0.2) is 11.7 Å². The number of ether oxygens (including phenoxy) is 1. The second-order valence-electron chi connectivity index (χ2n) is 4.80. The van der Waals surface area contributed by atoms with E-state index in [0.29, 0.717) is 23.5 Å². The molecule has 4 heteroatoms. The smallest absolute Gasteiger partial charge is 0.128 e. The van der Waals surface area contributed by atoms with E-state index < -0.39 is 0 Å². The molecule has 3 nitrogen and oxygen atoms in total. The molecule has 1 atom stereocenters. The molecular formula is C17H20FNO2. The van der Waals surface area contributed by atoms with Gasteiger partial charge in [0.2, 0.25) is 0 Å². The number of aliphatic hydroxyl groups is 1. The Morgan fingerprint density at radius 1 is 1.24 bits per heavy atom. The van der Waals surface area contributed by atoms with E-state index in [0.717, 1.165) is 5.69 Å². The maximum Gasteiger partial charge on any atom is 0.128 e. The van der Waals surface area contributed by atoms with Gasteiger partial charge in [0, 0.05) is 16.8 Å². The third-order valence-corrected chi connectivity index (χ3v) is 3.29. The van der Waals surface area contributed by atoms with Gasteiger partial charge in [0.15, 0.2) is 0 Å². The van der Waals surface area contributed by atoms with Crippen molar-refractivity contribution in [2.75, 3.05) is 11.9 Å². The Hall–Kier alpha value is -2.07. The van der Waals surface area contributed by atoms with Gasteiger partial charge in [-0.05, 0) is 38.1 Å². The lowest BCUT2D eigenvalue weighted by Gasteiger charge is -2.18. The van der Waals surface area contributed by atoms with Crippen LogP contribution in [0.15, 0.2) is 42.5 Å². The number of benzene rings is 2. The fourth-order valence-electron chi connectivity index (χ4n) is 2.24. The van der Waals surface area contributed by atoms with Crippen LogP contribution in [0.4, 0.5) is 10.1 Å². The Kier molecular flexibility index (Phi) is 5.17. The average molecular weight is 289 g/mol. The Balaban J connectivity index is 2.18. The maximum atomic E-state index is 13.8. The predicted octanol–water partition coefficient (Wildman–Crippen LogP) is 3.89. The molecule has 0 aliphatic heterocycles. The van der Waals surface area contributed by atoms with Crippen LogP contribution in [0.3, 0.4) is 0 Å². The van der Waals surface area contributed by atoms with E-state index in [9.17, 15) is 9.50 Å². The average Bonchev–Trinajstić information content (AvgIpc) is 2.49. The van der Waals surface area contributed by atoms with Gasteiger partial charge >= 0.3 is 0 Å². The first-order valence-electron chi connectivity index (χ1n) is 7.03. The quantitative estimate of drug-likeness (QED) is 0.847. The van der Waals surface area contributed by atoms with E-state index in [1.807, 2.05) is 38.1 Å². The molecular weight excluding hydrogens is 269 g/mol. The van der Waals surface area contributed by atoms with Crippen LogP contribution in [0.1, 0.15) is 31.0 Å². The largest absolute Gasteiger partial charge is 0.494 e. The predicted molar refractivity (Wildman–Crippen MR) is 82.0 cm³/mol. The molecule has 0 spiro atoms. The van der Waals surface area contributed by atoms with Crippen LogP contribution in [0.2, 0.25) is 0 Å². The van der Waals surface area contributed by atoms with E-state index in [4.69, 9.17) is 4.74 Å². The number of aliphatic hydroxyl groups excluding tert-OH is 1. The van der Waals surface area contributed by atoms with Crippen LogP contribution in [0, 0.1) is 5.82 Å². The maximum absolute atomic E-state index is 13.8. The van der Waals surface area contributed by atoms with E-state index in [1.165, 1.54) is 6.07 Å². The van der Waals surface area contributed by atoms with Gasteiger partial charge in [-0.25, -0.2) is 4.39 Å². The molecule has 0 fully saturated rings. The summed E-state index contributed by atoms with van der Waals surface area (Å²) in [5.41, 5.74) is 2.14. The number of nitrogens with one attached hydrogen (secondary N) is 1. The Labute approximate surface area is 124 Å². The monoisotopic (exact) mass is 289 g/mol. The van der Waals surface area contributed by atoms with Crippen LogP contribution in [-0.2, 0) is 6.61 Å². The molecule has 112 valence electrons. The minimum Gasteiger partial charge on any atom is -0.494 e. The molecule has 0 heterocycles. The minimum absolute atomic E-state index is 0.0983. The summed E-state index contributed by atoms with van der Waals surface area (Å²) in [4.78, 5) is 0. The van der Waals surface area contributed by atoms with Crippen molar-refractivity contribution in [1.29, 1.82) is 0 Å². The first-order valence-corrected chi connectivity index (χ1v) is 7.03. The third kappa shape index (κ3) is 3.73. The summed E-state index contributed by atoms with van der Waals surface area (Å²) in [5.74, 6) is 0.440. The number of halogens is 1. The van der Waals surface area contributed by atoms with Crippen molar-refractivity contribution in [3.05, 3.63) is 59.4 Å². The second-order valence-corrected chi connectivity index (χ2v) is 4.80. The van der Waals surface area contributed by atoms with Gasteiger partial charge in [0.05, 0.1) is 19.3 Å². The molecule has 0 bridgehead atoms. The van der Waals surface area contributed by atoms with Crippen LogP contribution < -0.4 is 10.1 Å². The molecule has 2 aromatic carbocycles. The summed E-state index contributed by atoms with van der Waals surface area (Å²) in [6, 6.07) is 12.0. The first-order chi connectivity index (χ1) is 10.2. The molecule has 0 radical (unpaired) electrons. The zero-order chi connectivity index (χ0) is 15.2. The Morgan fingerprint density at radius 2 is 2.00 bits per heavy atom. The molecule has 0 aliphatic carbocycles. The molecule has 0 unspecified atom stereocenters. The lowest BCUT2D eigenvalue weighted by molar-refractivity contribution is 0.267. The number of hydrogen-bond acceptors (Lipinski definition) is 3. The molecule has 0 aliphatic rings. The Morgan fingerprint density at radius 3 is 2.67 bits per heavy atom. The topological polar surface area (TPSA) is 41.5 Å². The molecule has 0 aromatic heterocycles. The first kappa shape index (κ1) is 15.3. The number of hydrogen-bond donors (Lipinski definition) is 2. The zero-order valence-electron chi connectivity index (χ0n) is 12.3. The fourth-order valence-corrected chi connectivity index (χ4v) is 2.24. The summed E-state index contributed by atoms with van der Waals surface area (Å²) in [6.45, 7) is 4.24. The minimum atomic E-state index is -0.231. The van der Waals surface area contributed by atoms with Crippen molar-refractivity contribution in [2.24, 2.45) is 0 Å². The van der Waals surface area contributed by atoms with Crippen molar-refractivity contribution < 1.29 is 14.2 Å². The highest BCUT2D eigenvalue weighted by Crippen LogP contribution is 2.26. The van der Waals surface area contributed by atoms with Crippen molar-refractivity contribution in [3.63, 3.8) is 0 Å². The molecule has 0 amide bonds. The van der Waals surface area contributed by atoms with Gasteiger partial charge in [-0.2, -0.15) is 0 Å². The fraction of sp³-hybridized carbons (Fsp3) is 0.294. The molecule has 21 heavy (non-hydrogen) atoms. The third-order valence-electron chi connectivity index (χ3n) is 3.29. The molecule has 0 saturated carbocycles. The normalized spacial score (nSPS) is 12.0. The van der Waals surface area contributed by atoms with Crippen molar-refractivity contribution in [2.45, 2.75) is 26.5 Å². The van der Waals surface area contributed by atoms with Crippen LogP contribution in [0.5, 0.6) is 5.75 Å². The zero-order valence-corrected chi connectivity index (χ0v) is 12.3. The van der Waals surface area contributed by atoms with Crippen molar-refractivity contribution in [3.8, 4) is 5.75 Å². The molecule has 2 N–H and O–H groups in total. The molecule has 0 saturated heterocycles. The summed E-state index contributed by atoms with van der Waals surface area (Å²) in [5, 5.41) is 12.6. The van der Waals surface area contributed by atoms with E-state index in [-0.39, 0.29) is 18.5 Å². The van der Waals surface area contributed by atoms with Gasteiger partial charge < -0.3 is 15.2 Å². The summed E-state index contributed by atoms with van der Waals surface area (Å²) in [6.07, 6.45) is 0. The SMILES string of the molecule is CCOc1ccc(N[C@H](C)c2ccccc2F)cc1CO. The van der Waals surface area contributed by atoms with E-state index >= 15 is 0 Å². The van der Waals surface area contributed by atoms with Gasteiger partial charge in [-0.3, -0.25) is 0 Å². The van der Waals surface area contributed by atoms with E-state index in [2.05, 4.69) is 5.32 Å². The van der Waals surface area contributed by atoms with Crippen molar-refractivity contribution >= 4 is 5.69 Å². The highest BCUT2D eigenvalue weighted by Gasteiger charge is 2.11. The molecule has 2 rings (SSSR count). The van der Waals surface area contributed by atoms with Crippen LogP contribution >= 0.6 is 0 Å². The highest BCUT2D eigenvalue weighted by molar-refractivity contribution is 5.52. The lowest BCUT2D eigenvalue weighted by Crippen LogP contribution is -2.09. The van der Waals surface area contributed by atoms with Gasteiger partial charge in [-0.1, -0.05) is 18.2 Å². The van der Waals surface area contributed by atoms with Gasteiger partial charge in [0.1, 0.15) is 11.6 Å². The van der Waals surface area contributed by atoms with Crippen molar-refractivity contribution in [1.82, 2.24) is 0 Å². The van der Waals surface area contributed by atoms with Gasteiger partial charge in [-0.15, -0.1) is 0 Å². The van der Waals surface area contributed by atoms with Gasteiger partial charge in [0.25, 0.3) is 0 Å². The number of anilines is 1. The summed E-state index contributed by atoms with van der Waals surface area (Å²) in [7, 11) is 0. The summed E-state index contributed by atoms with van der Waals surface area (Å²) < 4.78 is 19.2. The highest BCUT2D eigenvalue weighted by atomic mass is 19.1. The van der Waals surface area contributed by atoms with Crippen LogP contribution in [0.25, 0.3) is 0 Å².